The third-order valence-electron chi connectivity index (χ3n) is 2.53. The predicted octanol–water partition coefficient (Wildman–Crippen LogP) is 1.74. The molecule has 0 aromatic carbocycles. The van der Waals surface area contributed by atoms with Crippen molar-refractivity contribution >= 4 is 22.1 Å². The highest BCUT2D eigenvalue weighted by molar-refractivity contribution is 7.84. The second-order valence-electron chi connectivity index (χ2n) is 4.03. The van der Waals surface area contributed by atoms with E-state index in [1.165, 1.54) is 4.88 Å². The summed E-state index contributed by atoms with van der Waals surface area (Å²) in [4.78, 5) is 5.58. The van der Waals surface area contributed by atoms with Gasteiger partial charge < -0.3 is 5.32 Å². The van der Waals surface area contributed by atoms with E-state index in [1.807, 2.05) is 5.51 Å². The second kappa shape index (κ2) is 7.14. The summed E-state index contributed by atoms with van der Waals surface area (Å²) in [5.41, 5.74) is 3.04. The lowest BCUT2D eigenvalue weighted by Crippen LogP contribution is -2.29. The number of rotatable bonds is 7. The zero-order valence-corrected chi connectivity index (χ0v) is 11.8. The van der Waals surface area contributed by atoms with Crippen LogP contribution in [0.2, 0.25) is 0 Å². The summed E-state index contributed by atoms with van der Waals surface area (Å²) in [7, 11) is -0.673. The van der Waals surface area contributed by atoms with E-state index in [0.717, 1.165) is 30.8 Å². The van der Waals surface area contributed by atoms with Gasteiger partial charge in [-0.05, 0) is 26.7 Å². The van der Waals surface area contributed by atoms with E-state index in [2.05, 4.69) is 24.1 Å². The van der Waals surface area contributed by atoms with Crippen LogP contribution in [-0.2, 0) is 17.2 Å². The zero-order valence-electron chi connectivity index (χ0n) is 10.2. The molecule has 1 heterocycles. The van der Waals surface area contributed by atoms with Crippen LogP contribution >= 0.6 is 11.3 Å². The van der Waals surface area contributed by atoms with Crippen LogP contribution in [0.4, 0.5) is 0 Å². The average molecular weight is 260 g/mol. The second-order valence-corrected chi connectivity index (χ2v) is 6.53. The Kier molecular flexibility index (Phi) is 6.16. The number of nitrogens with zero attached hydrogens (tertiary/aromatic N) is 1. The van der Waals surface area contributed by atoms with Crippen LogP contribution in [-0.4, -0.2) is 33.8 Å². The van der Waals surface area contributed by atoms with Crippen molar-refractivity contribution in [2.45, 2.75) is 32.7 Å². The Morgan fingerprint density at radius 2 is 2.38 bits per heavy atom. The summed E-state index contributed by atoms with van der Waals surface area (Å²) in [6.45, 7) is 5.17. The molecule has 0 radical (unpaired) electrons. The normalized spacial score (nSPS) is 14.9. The van der Waals surface area contributed by atoms with E-state index in [4.69, 9.17) is 0 Å². The molecule has 0 spiro atoms. The van der Waals surface area contributed by atoms with Crippen LogP contribution in [0.1, 0.15) is 23.9 Å². The van der Waals surface area contributed by atoms with Gasteiger partial charge in [-0.3, -0.25) is 4.21 Å². The van der Waals surface area contributed by atoms with Crippen LogP contribution in [0, 0.1) is 6.92 Å². The lowest BCUT2D eigenvalue weighted by atomic mass is 10.2. The quantitative estimate of drug-likeness (QED) is 0.812. The lowest BCUT2D eigenvalue weighted by molar-refractivity contribution is 0.539. The van der Waals surface area contributed by atoms with Gasteiger partial charge in [-0.2, -0.15) is 0 Å². The molecule has 0 aliphatic carbocycles. The van der Waals surface area contributed by atoms with E-state index in [0.29, 0.717) is 6.04 Å². The Balaban J connectivity index is 2.15. The molecular formula is C11H20N2OS2. The van der Waals surface area contributed by atoms with E-state index in [-0.39, 0.29) is 0 Å². The average Bonchev–Trinajstić information content (AvgIpc) is 2.61. The van der Waals surface area contributed by atoms with Crippen molar-refractivity contribution in [3.63, 3.8) is 0 Å². The molecule has 1 N–H and O–H groups in total. The predicted molar refractivity (Wildman–Crippen MR) is 71.6 cm³/mol. The topological polar surface area (TPSA) is 42.0 Å². The van der Waals surface area contributed by atoms with Gasteiger partial charge in [0.15, 0.2) is 0 Å². The Bertz CT molecular complexity index is 338. The molecule has 1 rings (SSSR count). The molecule has 0 fully saturated rings. The summed E-state index contributed by atoms with van der Waals surface area (Å²) in [5, 5.41) is 3.45. The van der Waals surface area contributed by atoms with Crippen molar-refractivity contribution in [2.75, 3.05) is 18.6 Å². The summed E-state index contributed by atoms with van der Waals surface area (Å²) in [6.07, 6.45) is 3.77. The minimum atomic E-state index is -0.673. The first kappa shape index (κ1) is 13.8. The number of hydrogen-bond donors (Lipinski definition) is 1. The van der Waals surface area contributed by atoms with Crippen molar-refractivity contribution in [3.8, 4) is 0 Å². The molecular weight excluding hydrogens is 240 g/mol. The van der Waals surface area contributed by atoms with Crippen molar-refractivity contribution in [2.24, 2.45) is 0 Å². The van der Waals surface area contributed by atoms with Gasteiger partial charge in [-0.15, -0.1) is 11.3 Å². The van der Waals surface area contributed by atoms with Gasteiger partial charge in [0.05, 0.1) is 11.2 Å². The molecule has 1 aromatic heterocycles. The molecule has 2 atom stereocenters. The standard InChI is InChI=1S/C11H20N2OS2/c1-9(5-7-16(3)14)12-6-4-11-10(2)13-8-15-11/h8-9,12H,4-7H2,1-3H3. The number of nitrogens with one attached hydrogen (secondary N) is 1. The van der Waals surface area contributed by atoms with Crippen LogP contribution in [0.5, 0.6) is 0 Å². The highest BCUT2D eigenvalue weighted by Crippen LogP contribution is 2.12. The van der Waals surface area contributed by atoms with Gasteiger partial charge in [0, 0.05) is 40.3 Å². The molecule has 0 saturated heterocycles. The Hall–Kier alpha value is -0.260. The molecule has 92 valence electrons. The number of thiazole rings is 1. The number of aromatic nitrogens is 1. The largest absolute Gasteiger partial charge is 0.314 e. The molecule has 0 bridgehead atoms. The molecule has 16 heavy (non-hydrogen) atoms. The Labute approximate surface area is 104 Å². The van der Waals surface area contributed by atoms with E-state index in [9.17, 15) is 4.21 Å². The third kappa shape index (κ3) is 5.18. The van der Waals surface area contributed by atoms with Crippen molar-refractivity contribution < 1.29 is 4.21 Å². The molecule has 0 aliphatic rings. The molecule has 5 heteroatoms. The van der Waals surface area contributed by atoms with Crippen LogP contribution in [0.25, 0.3) is 0 Å². The monoisotopic (exact) mass is 260 g/mol. The van der Waals surface area contributed by atoms with E-state index >= 15 is 0 Å². The van der Waals surface area contributed by atoms with E-state index < -0.39 is 10.8 Å². The molecule has 3 nitrogen and oxygen atoms in total. The van der Waals surface area contributed by atoms with Crippen LogP contribution in [0.3, 0.4) is 0 Å². The Morgan fingerprint density at radius 1 is 1.62 bits per heavy atom. The molecule has 0 amide bonds. The van der Waals surface area contributed by atoms with Crippen molar-refractivity contribution in [1.29, 1.82) is 0 Å². The van der Waals surface area contributed by atoms with Crippen LogP contribution < -0.4 is 5.32 Å². The van der Waals surface area contributed by atoms with Gasteiger partial charge in [0.1, 0.15) is 0 Å². The van der Waals surface area contributed by atoms with Crippen LogP contribution in [0.15, 0.2) is 5.51 Å². The molecule has 0 saturated carbocycles. The molecule has 2 unspecified atom stereocenters. The van der Waals surface area contributed by atoms with Gasteiger partial charge in [-0.25, -0.2) is 4.98 Å². The molecule has 0 aliphatic heterocycles. The summed E-state index contributed by atoms with van der Waals surface area (Å²) in [5.74, 6) is 0.785. The SMILES string of the molecule is Cc1ncsc1CCNC(C)CCS(C)=O. The summed E-state index contributed by atoms with van der Waals surface area (Å²) < 4.78 is 10.9. The fraction of sp³-hybridized carbons (Fsp3) is 0.727. The Morgan fingerprint density at radius 3 is 2.94 bits per heavy atom. The van der Waals surface area contributed by atoms with Crippen molar-refractivity contribution in [3.05, 3.63) is 16.1 Å². The lowest BCUT2D eigenvalue weighted by Gasteiger charge is -2.12. The fourth-order valence-corrected chi connectivity index (χ4v) is 2.91. The highest BCUT2D eigenvalue weighted by Gasteiger charge is 2.04. The zero-order chi connectivity index (χ0) is 12.0. The highest BCUT2D eigenvalue weighted by atomic mass is 32.2. The van der Waals surface area contributed by atoms with Gasteiger partial charge in [-0.1, -0.05) is 0 Å². The smallest absolute Gasteiger partial charge is 0.0797 e. The summed E-state index contributed by atoms with van der Waals surface area (Å²) in [6, 6.07) is 0.442. The van der Waals surface area contributed by atoms with Crippen molar-refractivity contribution in [1.82, 2.24) is 10.3 Å². The first-order chi connectivity index (χ1) is 7.59. The maximum absolute atomic E-state index is 10.9. The maximum Gasteiger partial charge on any atom is 0.0797 e. The summed E-state index contributed by atoms with van der Waals surface area (Å²) >= 11 is 1.72. The minimum Gasteiger partial charge on any atom is -0.314 e. The van der Waals surface area contributed by atoms with Gasteiger partial charge in [0.25, 0.3) is 0 Å². The van der Waals surface area contributed by atoms with E-state index in [1.54, 1.807) is 17.6 Å². The minimum absolute atomic E-state index is 0.442. The fourth-order valence-electron chi connectivity index (χ4n) is 1.44. The van der Waals surface area contributed by atoms with Gasteiger partial charge in [0.2, 0.25) is 0 Å². The first-order valence-corrected chi connectivity index (χ1v) is 8.12. The molecule has 1 aromatic rings. The third-order valence-corrected chi connectivity index (χ3v) is 4.33. The van der Waals surface area contributed by atoms with Gasteiger partial charge >= 0.3 is 0 Å². The first-order valence-electron chi connectivity index (χ1n) is 5.52. The number of hydrogen-bond acceptors (Lipinski definition) is 4. The maximum atomic E-state index is 10.9. The number of aryl methyl sites for hydroxylation is 1.